The molecule has 0 amide bonds. The summed E-state index contributed by atoms with van der Waals surface area (Å²) in [5, 5.41) is 0. The van der Waals surface area contributed by atoms with Crippen LogP contribution in [0.4, 0.5) is 5.82 Å². The van der Waals surface area contributed by atoms with E-state index in [1.807, 2.05) is 37.4 Å². The maximum absolute atomic E-state index is 5.84. The van der Waals surface area contributed by atoms with Crippen LogP contribution in [0.3, 0.4) is 0 Å². The average Bonchev–Trinajstić information content (AvgIpc) is 2.41. The van der Waals surface area contributed by atoms with Crippen molar-refractivity contribution in [1.82, 2.24) is 4.98 Å². The number of anilines is 1. The number of rotatable bonds is 4. The van der Waals surface area contributed by atoms with Crippen molar-refractivity contribution >= 4 is 33.3 Å². The van der Waals surface area contributed by atoms with Crippen LogP contribution in [0.1, 0.15) is 11.1 Å². The third-order valence-electron chi connectivity index (χ3n) is 2.72. The SMILES string of the molecule is CN(Cc1ccccc1Br)c1cc(CCl)ccn1. The molecule has 18 heavy (non-hydrogen) atoms. The Morgan fingerprint density at radius 2 is 2.06 bits per heavy atom. The topological polar surface area (TPSA) is 16.1 Å². The Morgan fingerprint density at radius 3 is 2.78 bits per heavy atom. The number of hydrogen-bond donors (Lipinski definition) is 0. The molecule has 1 aromatic carbocycles. The molecule has 1 heterocycles. The summed E-state index contributed by atoms with van der Waals surface area (Å²) < 4.78 is 1.12. The van der Waals surface area contributed by atoms with Gasteiger partial charge in [0, 0.05) is 30.1 Å². The van der Waals surface area contributed by atoms with Gasteiger partial charge in [-0.3, -0.25) is 0 Å². The van der Waals surface area contributed by atoms with E-state index in [1.54, 1.807) is 6.20 Å². The van der Waals surface area contributed by atoms with Crippen molar-refractivity contribution in [2.45, 2.75) is 12.4 Å². The molecule has 94 valence electrons. The summed E-state index contributed by atoms with van der Waals surface area (Å²) in [7, 11) is 2.03. The van der Waals surface area contributed by atoms with Gasteiger partial charge in [0.25, 0.3) is 0 Å². The Labute approximate surface area is 121 Å². The number of benzene rings is 1. The molecule has 0 radical (unpaired) electrons. The number of halogens is 2. The number of aromatic nitrogens is 1. The Bertz CT molecular complexity index is 531. The standard InChI is InChI=1S/C14H14BrClN2/c1-18(10-12-4-2-3-5-13(12)15)14-8-11(9-16)6-7-17-14/h2-8H,9-10H2,1H3. The van der Waals surface area contributed by atoms with Crippen LogP contribution in [0.25, 0.3) is 0 Å². The Hall–Kier alpha value is -1.06. The molecule has 0 fully saturated rings. The van der Waals surface area contributed by atoms with E-state index in [0.29, 0.717) is 5.88 Å². The molecular weight excluding hydrogens is 312 g/mol. The average molecular weight is 326 g/mol. The third-order valence-corrected chi connectivity index (χ3v) is 3.80. The third kappa shape index (κ3) is 3.24. The van der Waals surface area contributed by atoms with Gasteiger partial charge in [0.1, 0.15) is 5.82 Å². The first-order chi connectivity index (χ1) is 8.70. The van der Waals surface area contributed by atoms with Crippen molar-refractivity contribution < 1.29 is 0 Å². The molecule has 2 nitrogen and oxygen atoms in total. The van der Waals surface area contributed by atoms with Crippen LogP contribution in [0.2, 0.25) is 0 Å². The van der Waals surface area contributed by atoms with Crippen LogP contribution in [0.5, 0.6) is 0 Å². The van der Waals surface area contributed by atoms with E-state index in [0.717, 1.165) is 22.4 Å². The normalized spacial score (nSPS) is 10.4. The summed E-state index contributed by atoms with van der Waals surface area (Å²) in [6.07, 6.45) is 1.80. The van der Waals surface area contributed by atoms with Gasteiger partial charge in [-0.1, -0.05) is 34.1 Å². The maximum Gasteiger partial charge on any atom is 0.128 e. The van der Waals surface area contributed by atoms with Crippen molar-refractivity contribution in [3.8, 4) is 0 Å². The van der Waals surface area contributed by atoms with Crippen LogP contribution < -0.4 is 4.90 Å². The quantitative estimate of drug-likeness (QED) is 0.782. The van der Waals surface area contributed by atoms with Gasteiger partial charge >= 0.3 is 0 Å². The molecule has 4 heteroatoms. The van der Waals surface area contributed by atoms with Gasteiger partial charge in [0.05, 0.1) is 0 Å². The predicted octanol–water partition coefficient (Wildman–Crippen LogP) is 4.22. The summed E-state index contributed by atoms with van der Waals surface area (Å²) in [5.74, 6) is 1.45. The fraction of sp³-hybridized carbons (Fsp3) is 0.214. The summed E-state index contributed by atoms with van der Waals surface area (Å²) >= 11 is 9.39. The molecule has 0 atom stereocenters. The van der Waals surface area contributed by atoms with Gasteiger partial charge in [-0.2, -0.15) is 0 Å². The van der Waals surface area contributed by atoms with Gasteiger partial charge in [0.15, 0.2) is 0 Å². The molecule has 0 aliphatic carbocycles. The summed E-state index contributed by atoms with van der Waals surface area (Å²) in [4.78, 5) is 6.47. The van der Waals surface area contributed by atoms with E-state index < -0.39 is 0 Å². The number of hydrogen-bond acceptors (Lipinski definition) is 2. The first-order valence-corrected chi connectivity index (χ1v) is 6.99. The zero-order valence-corrected chi connectivity index (χ0v) is 12.4. The molecule has 0 bridgehead atoms. The second kappa shape index (κ2) is 6.21. The molecule has 0 saturated heterocycles. The molecule has 0 spiro atoms. The monoisotopic (exact) mass is 324 g/mol. The zero-order chi connectivity index (χ0) is 13.0. The molecule has 2 aromatic rings. The largest absolute Gasteiger partial charge is 0.355 e. The van der Waals surface area contributed by atoms with Gasteiger partial charge in [-0.15, -0.1) is 11.6 Å². The van der Waals surface area contributed by atoms with Crippen molar-refractivity contribution in [2.24, 2.45) is 0 Å². The first kappa shape index (κ1) is 13.4. The van der Waals surface area contributed by atoms with Gasteiger partial charge in [0.2, 0.25) is 0 Å². The molecule has 0 N–H and O–H groups in total. The Kier molecular flexibility index (Phi) is 4.61. The highest BCUT2D eigenvalue weighted by Gasteiger charge is 2.06. The maximum atomic E-state index is 5.84. The molecule has 0 unspecified atom stereocenters. The summed E-state index contributed by atoms with van der Waals surface area (Å²) in [6.45, 7) is 0.806. The zero-order valence-electron chi connectivity index (χ0n) is 10.1. The molecule has 1 aromatic heterocycles. The number of nitrogens with zero attached hydrogens (tertiary/aromatic N) is 2. The van der Waals surface area contributed by atoms with E-state index in [2.05, 4.69) is 31.9 Å². The molecule has 0 aliphatic heterocycles. The second-order valence-electron chi connectivity index (χ2n) is 4.10. The summed E-state index contributed by atoms with van der Waals surface area (Å²) in [5.41, 5.74) is 2.32. The van der Waals surface area contributed by atoms with E-state index in [-0.39, 0.29) is 0 Å². The highest BCUT2D eigenvalue weighted by atomic mass is 79.9. The lowest BCUT2D eigenvalue weighted by molar-refractivity contribution is 0.892. The van der Waals surface area contributed by atoms with Crippen molar-refractivity contribution in [3.63, 3.8) is 0 Å². The van der Waals surface area contributed by atoms with Crippen LogP contribution in [0, 0.1) is 0 Å². The van der Waals surface area contributed by atoms with Crippen molar-refractivity contribution in [3.05, 3.63) is 58.2 Å². The minimum absolute atomic E-state index is 0.512. The number of pyridine rings is 1. The lowest BCUT2D eigenvalue weighted by Crippen LogP contribution is -2.18. The van der Waals surface area contributed by atoms with E-state index in [9.17, 15) is 0 Å². The smallest absolute Gasteiger partial charge is 0.128 e. The Morgan fingerprint density at radius 1 is 1.28 bits per heavy atom. The minimum Gasteiger partial charge on any atom is -0.355 e. The molecular formula is C14H14BrClN2. The Balaban J connectivity index is 2.16. The summed E-state index contributed by atoms with van der Waals surface area (Å²) in [6, 6.07) is 12.2. The van der Waals surface area contributed by atoms with Crippen LogP contribution in [-0.2, 0) is 12.4 Å². The van der Waals surface area contributed by atoms with Gasteiger partial charge in [-0.25, -0.2) is 4.98 Å². The van der Waals surface area contributed by atoms with Gasteiger partial charge < -0.3 is 4.90 Å². The van der Waals surface area contributed by atoms with Gasteiger partial charge in [-0.05, 0) is 29.3 Å². The highest BCUT2D eigenvalue weighted by Crippen LogP contribution is 2.20. The second-order valence-corrected chi connectivity index (χ2v) is 5.22. The van der Waals surface area contributed by atoms with Crippen molar-refractivity contribution in [1.29, 1.82) is 0 Å². The molecule has 0 saturated carbocycles. The van der Waals surface area contributed by atoms with Crippen LogP contribution in [-0.4, -0.2) is 12.0 Å². The molecule has 0 aliphatic rings. The molecule has 2 rings (SSSR count). The minimum atomic E-state index is 0.512. The fourth-order valence-electron chi connectivity index (χ4n) is 1.72. The predicted molar refractivity (Wildman–Crippen MR) is 80.0 cm³/mol. The highest BCUT2D eigenvalue weighted by molar-refractivity contribution is 9.10. The first-order valence-electron chi connectivity index (χ1n) is 5.66. The van der Waals surface area contributed by atoms with Crippen LogP contribution in [0.15, 0.2) is 47.1 Å². The van der Waals surface area contributed by atoms with E-state index >= 15 is 0 Å². The van der Waals surface area contributed by atoms with Crippen LogP contribution >= 0.6 is 27.5 Å². The van der Waals surface area contributed by atoms with E-state index in [1.165, 1.54) is 5.56 Å². The van der Waals surface area contributed by atoms with E-state index in [4.69, 9.17) is 11.6 Å². The lowest BCUT2D eigenvalue weighted by Gasteiger charge is -2.19. The lowest BCUT2D eigenvalue weighted by atomic mass is 10.2. The fourth-order valence-corrected chi connectivity index (χ4v) is 2.29. The number of alkyl halides is 1. The van der Waals surface area contributed by atoms with Crippen molar-refractivity contribution in [2.75, 3.05) is 11.9 Å².